The molecule has 2 aliphatic rings. The molecule has 0 radical (unpaired) electrons. The number of thiophene rings is 1. The number of rotatable bonds is 5. The summed E-state index contributed by atoms with van der Waals surface area (Å²) >= 11 is 1.37. The fourth-order valence-corrected chi connectivity index (χ4v) is 5.62. The van der Waals surface area contributed by atoms with Gasteiger partial charge in [-0.2, -0.15) is 0 Å². The molecule has 2 N–H and O–H groups in total. The van der Waals surface area contributed by atoms with Crippen molar-refractivity contribution in [3.8, 4) is 0 Å². The zero-order chi connectivity index (χ0) is 25.3. The highest BCUT2D eigenvalue weighted by atomic mass is 32.1. The van der Waals surface area contributed by atoms with Crippen LogP contribution in [-0.4, -0.2) is 58.9 Å². The third kappa shape index (κ3) is 4.64. The highest BCUT2D eigenvalue weighted by molar-refractivity contribution is 7.23. The SMILES string of the molecule is Nc1sc2ccccc2c1C(=O)N1CCC2(CC1)CC(=O)N(CC(=O)OCc1ccccc1)C(=O)O2. The minimum Gasteiger partial charge on any atom is -0.459 e. The summed E-state index contributed by atoms with van der Waals surface area (Å²) < 4.78 is 11.8. The summed E-state index contributed by atoms with van der Waals surface area (Å²) in [5.41, 5.74) is 6.46. The second-order valence-electron chi connectivity index (χ2n) is 8.98. The number of nitrogen functional groups attached to an aromatic ring is 1. The maximum absolute atomic E-state index is 13.3. The van der Waals surface area contributed by atoms with Crippen molar-refractivity contribution in [2.45, 2.75) is 31.5 Å². The molecule has 3 heterocycles. The number of hydrogen-bond donors (Lipinski definition) is 1. The normalized spacial score (nSPS) is 17.3. The average Bonchev–Trinajstić information content (AvgIpc) is 3.21. The predicted octanol–water partition coefficient (Wildman–Crippen LogP) is 3.57. The summed E-state index contributed by atoms with van der Waals surface area (Å²) in [4.78, 5) is 53.4. The van der Waals surface area contributed by atoms with Gasteiger partial charge in [-0.15, -0.1) is 11.3 Å². The molecule has 36 heavy (non-hydrogen) atoms. The van der Waals surface area contributed by atoms with Crippen LogP contribution in [0.3, 0.4) is 0 Å². The number of ether oxygens (including phenoxy) is 2. The molecule has 0 atom stereocenters. The van der Waals surface area contributed by atoms with Gasteiger partial charge in [-0.25, -0.2) is 9.69 Å². The number of nitrogens with zero attached hydrogens (tertiary/aromatic N) is 2. The Labute approximate surface area is 211 Å². The Bertz CT molecular complexity index is 1310. The number of benzene rings is 2. The van der Waals surface area contributed by atoms with Crippen molar-refractivity contribution in [3.05, 3.63) is 65.7 Å². The molecule has 10 heteroatoms. The molecule has 1 aromatic heterocycles. The summed E-state index contributed by atoms with van der Waals surface area (Å²) in [6, 6.07) is 16.7. The van der Waals surface area contributed by atoms with Crippen molar-refractivity contribution < 1.29 is 28.7 Å². The molecule has 3 amide bonds. The first-order valence-corrected chi connectivity index (χ1v) is 12.5. The third-order valence-electron chi connectivity index (χ3n) is 6.63. The molecule has 3 aromatic rings. The number of fused-ring (bicyclic) bond motifs is 1. The number of nitrogens with two attached hydrogens (primary N) is 1. The van der Waals surface area contributed by atoms with Crippen molar-refractivity contribution >= 4 is 50.3 Å². The minimum atomic E-state index is -0.988. The van der Waals surface area contributed by atoms with Crippen LogP contribution in [0.15, 0.2) is 54.6 Å². The monoisotopic (exact) mass is 507 g/mol. The Morgan fingerprint density at radius 2 is 1.72 bits per heavy atom. The molecule has 0 saturated carbocycles. The predicted molar refractivity (Wildman–Crippen MR) is 133 cm³/mol. The summed E-state index contributed by atoms with van der Waals surface area (Å²) in [5, 5.41) is 1.29. The Morgan fingerprint density at radius 1 is 1.03 bits per heavy atom. The zero-order valence-corrected chi connectivity index (χ0v) is 20.3. The van der Waals surface area contributed by atoms with E-state index in [0.29, 0.717) is 36.5 Å². The van der Waals surface area contributed by atoms with Gasteiger partial charge in [-0.05, 0) is 11.6 Å². The van der Waals surface area contributed by atoms with Crippen LogP contribution in [0, 0.1) is 0 Å². The summed E-state index contributed by atoms with van der Waals surface area (Å²) in [7, 11) is 0. The molecular formula is C26H25N3O6S. The number of anilines is 1. The number of amides is 3. The lowest BCUT2D eigenvalue weighted by molar-refractivity contribution is -0.158. The van der Waals surface area contributed by atoms with Crippen molar-refractivity contribution in [2.24, 2.45) is 0 Å². The van der Waals surface area contributed by atoms with E-state index in [0.717, 1.165) is 20.5 Å². The van der Waals surface area contributed by atoms with E-state index in [9.17, 15) is 19.2 Å². The Hall–Kier alpha value is -3.92. The Kier molecular flexibility index (Phi) is 6.36. The van der Waals surface area contributed by atoms with Crippen LogP contribution in [0.2, 0.25) is 0 Å². The van der Waals surface area contributed by atoms with E-state index < -0.39 is 30.1 Å². The van der Waals surface area contributed by atoms with Gasteiger partial charge in [0.2, 0.25) is 5.91 Å². The lowest BCUT2D eigenvalue weighted by Crippen LogP contribution is -2.58. The molecule has 1 spiro atoms. The van der Waals surface area contributed by atoms with Gasteiger partial charge in [0.1, 0.15) is 18.8 Å². The van der Waals surface area contributed by atoms with Crippen molar-refractivity contribution in [2.75, 3.05) is 25.4 Å². The van der Waals surface area contributed by atoms with Crippen molar-refractivity contribution in [3.63, 3.8) is 0 Å². The first-order chi connectivity index (χ1) is 17.3. The van der Waals surface area contributed by atoms with Gasteiger partial charge in [0.25, 0.3) is 5.91 Å². The van der Waals surface area contributed by atoms with E-state index in [4.69, 9.17) is 15.2 Å². The largest absolute Gasteiger partial charge is 0.459 e. The van der Waals surface area contributed by atoms with Gasteiger partial charge >= 0.3 is 12.1 Å². The third-order valence-corrected chi connectivity index (χ3v) is 7.63. The van der Waals surface area contributed by atoms with E-state index in [1.807, 2.05) is 54.6 Å². The molecule has 5 rings (SSSR count). The molecule has 2 saturated heterocycles. The first-order valence-electron chi connectivity index (χ1n) is 11.6. The highest BCUT2D eigenvalue weighted by Gasteiger charge is 2.48. The number of carbonyl (C=O) groups is 4. The molecular weight excluding hydrogens is 482 g/mol. The van der Waals surface area contributed by atoms with Crippen LogP contribution in [0.5, 0.6) is 0 Å². The maximum Gasteiger partial charge on any atom is 0.417 e. The highest BCUT2D eigenvalue weighted by Crippen LogP contribution is 2.38. The maximum atomic E-state index is 13.3. The number of carbonyl (C=O) groups excluding carboxylic acids is 4. The fraction of sp³-hybridized carbons (Fsp3) is 0.308. The summed E-state index contributed by atoms with van der Waals surface area (Å²) in [6.07, 6.45) is -0.263. The smallest absolute Gasteiger partial charge is 0.417 e. The molecule has 0 unspecified atom stereocenters. The van der Waals surface area contributed by atoms with Crippen molar-refractivity contribution in [1.82, 2.24) is 9.80 Å². The minimum absolute atomic E-state index is 0.0454. The number of piperidine rings is 1. The molecule has 2 aliphatic heterocycles. The summed E-state index contributed by atoms with van der Waals surface area (Å²) in [5.74, 6) is -1.35. The fourth-order valence-electron chi connectivity index (χ4n) is 4.65. The van der Waals surface area contributed by atoms with Gasteiger partial charge in [0.15, 0.2) is 0 Å². The second-order valence-corrected chi connectivity index (χ2v) is 10.1. The van der Waals surface area contributed by atoms with Gasteiger partial charge in [-0.1, -0.05) is 48.5 Å². The molecule has 9 nitrogen and oxygen atoms in total. The van der Waals surface area contributed by atoms with Crippen LogP contribution in [0.4, 0.5) is 9.80 Å². The average molecular weight is 508 g/mol. The topological polar surface area (TPSA) is 119 Å². The second kappa shape index (κ2) is 9.62. The standard InChI is InChI=1S/C26H25N3O6S/c27-23-22(18-8-4-5-9-19(18)36-23)24(32)28-12-10-26(11-13-28)14-20(30)29(25(33)35-26)15-21(31)34-16-17-6-2-1-3-7-17/h1-9H,10-16,27H2. The van der Waals surface area contributed by atoms with Crippen LogP contribution in [-0.2, 0) is 25.7 Å². The molecule has 2 fully saturated rings. The van der Waals surface area contributed by atoms with Crippen LogP contribution in [0.1, 0.15) is 35.2 Å². The molecule has 186 valence electrons. The Balaban J connectivity index is 1.18. The van der Waals surface area contributed by atoms with Gasteiger partial charge in [0, 0.05) is 36.0 Å². The van der Waals surface area contributed by atoms with Crippen LogP contribution in [0.25, 0.3) is 10.1 Å². The van der Waals surface area contributed by atoms with E-state index >= 15 is 0 Å². The zero-order valence-electron chi connectivity index (χ0n) is 19.5. The van der Waals surface area contributed by atoms with Gasteiger partial charge < -0.3 is 20.1 Å². The molecule has 0 bridgehead atoms. The lowest BCUT2D eigenvalue weighted by Gasteiger charge is -2.44. The lowest BCUT2D eigenvalue weighted by atomic mass is 9.86. The Morgan fingerprint density at radius 3 is 2.44 bits per heavy atom. The quantitative estimate of drug-likeness (QED) is 0.524. The van der Waals surface area contributed by atoms with E-state index in [1.165, 1.54) is 11.3 Å². The molecule has 2 aromatic carbocycles. The van der Waals surface area contributed by atoms with Gasteiger partial charge in [-0.3, -0.25) is 14.4 Å². The van der Waals surface area contributed by atoms with E-state index in [-0.39, 0.29) is 18.9 Å². The number of hydrogen-bond acceptors (Lipinski definition) is 8. The van der Waals surface area contributed by atoms with Crippen molar-refractivity contribution in [1.29, 1.82) is 0 Å². The molecule has 0 aliphatic carbocycles. The number of esters is 1. The van der Waals surface area contributed by atoms with Gasteiger partial charge in [0.05, 0.1) is 17.0 Å². The number of imide groups is 1. The van der Waals surface area contributed by atoms with E-state index in [2.05, 4.69) is 0 Å². The first kappa shape index (κ1) is 23.8. The van der Waals surface area contributed by atoms with Crippen LogP contribution < -0.4 is 5.73 Å². The van der Waals surface area contributed by atoms with E-state index in [1.54, 1.807) is 4.90 Å². The van der Waals surface area contributed by atoms with Crippen LogP contribution >= 0.6 is 11.3 Å². The number of likely N-dealkylation sites (tertiary alicyclic amines) is 1. The summed E-state index contributed by atoms with van der Waals surface area (Å²) in [6.45, 7) is 0.189.